The topological polar surface area (TPSA) is 88.1 Å². The van der Waals surface area contributed by atoms with Gasteiger partial charge in [0, 0.05) is 24.8 Å². The molecule has 20 heavy (non-hydrogen) atoms. The molecule has 0 atom stereocenters. The molecule has 0 saturated carbocycles. The fourth-order valence-electron chi connectivity index (χ4n) is 2.12. The molecule has 1 saturated heterocycles. The maximum Gasteiger partial charge on any atom is 0.321 e. The molecule has 7 nitrogen and oxygen atoms in total. The summed E-state index contributed by atoms with van der Waals surface area (Å²) in [6.07, 6.45) is 0. The first-order valence-corrected chi connectivity index (χ1v) is 6.32. The monoisotopic (exact) mass is 278 g/mol. The van der Waals surface area contributed by atoms with E-state index in [0.717, 1.165) is 0 Å². The number of nitrogens with zero attached hydrogens (tertiary/aromatic N) is 1. The molecule has 2 amide bonds. The van der Waals surface area contributed by atoms with Crippen molar-refractivity contribution in [1.29, 1.82) is 0 Å². The van der Waals surface area contributed by atoms with Gasteiger partial charge in [0.2, 0.25) is 0 Å². The summed E-state index contributed by atoms with van der Waals surface area (Å²) in [6, 6.07) is 4.85. The van der Waals surface area contributed by atoms with Crippen molar-refractivity contribution in [2.75, 3.05) is 31.6 Å². The number of aliphatic carboxylic acids is 1. The van der Waals surface area contributed by atoms with E-state index in [2.05, 4.69) is 5.32 Å². The third-order valence-corrected chi connectivity index (χ3v) is 3.31. The van der Waals surface area contributed by atoms with Crippen molar-refractivity contribution in [3.05, 3.63) is 18.2 Å². The van der Waals surface area contributed by atoms with E-state index in [1.807, 2.05) is 0 Å². The maximum absolute atomic E-state index is 11.9. The van der Waals surface area contributed by atoms with Crippen LogP contribution in [0.25, 0.3) is 0 Å². The highest BCUT2D eigenvalue weighted by molar-refractivity contribution is 5.91. The highest BCUT2D eigenvalue weighted by atomic mass is 16.6. The number of anilines is 1. The van der Waals surface area contributed by atoms with Gasteiger partial charge in [-0.3, -0.25) is 4.79 Å². The van der Waals surface area contributed by atoms with E-state index >= 15 is 0 Å². The van der Waals surface area contributed by atoms with Crippen molar-refractivity contribution in [1.82, 2.24) is 4.90 Å². The summed E-state index contributed by atoms with van der Waals surface area (Å²) in [5.41, 5.74) is 0.595. The summed E-state index contributed by atoms with van der Waals surface area (Å²) in [5.74, 6) is -0.0698. The Morgan fingerprint density at radius 3 is 2.60 bits per heavy atom. The average molecular weight is 278 g/mol. The molecule has 106 valence electrons. The van der Waals surface area contributed by atoms with E-state index in [-0.39, 0.29) is 19.1 Å². The number of hydrogen-bond acceptors (Lipinski definition) is 4. The van der Waals surface area contributed by atoms with Crippen LogP contribution in [0.3, 0.4) is 0 Å². The molecule has 0 bridgehead atoms. The molecular weight excluding hydrogens is 264 g/mol. The standard InChI is InChI=1S/C13H14N2O5/c16-12(17)8-6-15(7-8)13(18)14-9-1-2-10-11(5-9)20-4-3-19-10/h1-2,5,8H,3-4,6-7H2,(H,14,18)(H,16,17). The Balaban J connectivity index is 1.61. The van der Waals surface area contributed by atoms with Gasteiger partial charge < -0.3 is 24.8 Å². The van der Waals surface area contributed by atoms with E-state index in [4.69, 9.17) is 14.6 Å². The summed E-state index contributed by atoms with van der Waals surface area (Å²) in [4.78, 5) is 24.0. The molecule has 1 fully saturated rings. The molecule has 3 rings (SSSR count). The van der Waals surface area contributed by atoms with Gasteiger partial charge in [0.1, 0.15) is 13.2 Å². The number of carboxylic acids is 1. The first kappa shape index (κ1) is 12.6. The van der Waals surface area contributed by atoms with Crippen molar-refractivity contribution in [3.63, 3.8) is 0 Å². The Morgan fingerprint density at radius 1 is 1.20 bits per heavy atom. The van der Waals surface area contributed by atoms with Crippen molar-refractivity contribution in [2.45, 2.75) is 0 Å². The van der Waals surface area contributed by atoms with E-state index in [1.165, 1.54) is 4.90 Å². The molecule has 0 radical (unpaired) electrons. The number of ether oxygens (including phenoxy) is 2. The summed E-state index contributed by atoms with van der Waals surface area (Å²) in [6.45, 7) is 1.48. The van der Waals surface area contributed by atoms with Crippen LogP contribution in [0.15, 0.2) is 18.2 Å². The van der Waals surface area contributed by atoms with Gasteiger partial charge in [-0.05, 0) is 12.1 Å². The number of amides is 2. The minimum atomic E-state index is -0.867. The van der Waals surface area contributed by atoms with E-state index in [9.17, 15) is 9.59 Å². The number of rotatable bonds is 2. The van der Waals surface area contributed by atoms with Crippen LogP contribution < -0.4 is 14.8 Å². The minimum Gasteiger partial charge on any atom is -0.486 e. The molecule has 0 spiro atoms. The van der Waals surface area contributed by atoms with Crippen LogP contribution in [-0.2, 0) is 4.79 Å². The van der Waals surface area contributed by atoms with Crippen LogP contribution in [0.4, 0.5) is 10.5 Å². The minimum absolute atomic E-state index is 0.242. The van der Waals surface area contributed by atoms with Gasteiger partial charge in [-0.2, -0.15) is 0 Å². The Kier molecular flexibility index (Phi) is 3.09. The van der Waals surface area contributed by atoms with Gasteiger partial charge >= 0.3 is 12.0 Å². The van der Waals surface area contributed by atoms with Gasteiger partial charge in [0.05, 0.1) is 5.92 Å². The first-order valence-electron chi connectivity index (χ1n) is 6.32. The number of carbonyl (C=O) groups is 2. The second-order valence-electron chi connectivity index (χ2n) is 4.73. The molecule has 7 heteroatoms. The number of hydrogen-bond donors (Lipinski definition) is 2. The Morgan fingerprint density at radius 2 is 1.90 bits per heavy atom. The third-order valence-electron chi connectivity index (χ3n) is 3.31. The molecule has 1 aromatic rings. The average Bonchev–Trinajstić information content (AvgIpc) is 2.36. The number of likely N-dealkylation sites (tertiary alicyclic amines) is 1. The van der Waals surface area contributed by atoms with Crippen LogP contribution in [0, 0.1) is 5.92 Å². The number of carbonyl (C=O) groups excluding carboxylic acids is 1. The van der Waals surface area contributed by atoms with Crippen LogP contribution in [0.1, 0.15) is 0 Å². The van der Waals surface area contributed by atoms with Crippen LogP contribution in [0.2, 0.25) is 0 Å². The molecule has 0 unspecified atom stereocenters. The summed E-state index contributed by atoms with van der Waals surface area (Å²) in [7, 11) is 0. The third kappa shape index (κ3) is 2.34. The lowest BCUT2D eigenvalue weighted by Crippen LogP contribution is -2.54. The lowest BCUT2D eigenvalue weighted by molar-refractivity contribution is -0.145. The van der Waals surface area contributed by atoms with Gasteiger partial charge in [-0.1, -0.05) is 0 Å². The zero-order valence-electron chi connectivity index (χ0n) is 10.7. The molecule has 2 N–H and O–H groups in total. The number of fused-ring (bicyclic) bond motifs is 1. The smallest absolute Gasteiger partial charge is 0.321 e. The molecule has 2 heterocycles. The van der Waals surface area contributed by atoms with Crippen LogP contribution in [0.5, 0.6) is 11.5 Å². The predicted molar refractivity (Wildman–Crippen MR) is 69.1 cm³/mol. The Labute approximate surface area is 115 Å². The normalized spacial score (nSPS) is 17.3. The fourth-order valence-corrected chi connectivity index (χ4v) is 2.12. The molecule has 2 aliphatic heterocycles. The van der Waals surface area contributed by atoms with E-state index in [1.54, 1.807) is 18.2 Å². The molecule has 0 aliphatic carbocycles. The van der Waals surface area contributed by atoms with Crippen molar-refractivity contribution in [3.8, 4) is 11.5 Å². The van der Waals surface area contributed by atoms with Crippen molar-refractivity contribution in [2.24, 2.45) is 5.92 Å². The largest absolute Gasteiger partial charge is 0.486 e. The van der Waals surface area contributed by atoms with Crippen LogP contribution in [-0.4, -0.2) is 48.3 Å². The number of benzene rings is 1. The van der Waals surface area contributed by atoms with Gasteiger partial charge in [-0.15, -0.1) is 0 Å². The molecule has 0 aromatic heterocycles. The molecule has 2 aliphatic rings. The number of nitrogens with one attached hydrogen (secondary N) is 1. The maximum atomic E-state index is 11.9. The highest BCUT2D eigenvalue weighted by Gasteiger charge is 2.35. The lowest BCUT2D eigenvalue weighted by atomic mass is 10.0. The quantitative estimate of drug-likeness (QED) is 0.842. The second-order valence-corrected chi connectivity index (χ2v) is 4.73. The second kappa shape index (κ2) is 4.92. The fraction of sp³-hybridized carbons (Fsp3) is 0.385. The summed E-state index contributed by atoms with van der Waals surface area (Å²) in [5, 5.41) is 11.5. The summed E-state index contributed by atoms with van der Waals surface area (Å²) >= 11 is 0. The Bertz CT molecular complexity index is 554. The van der Waals surface area contributed by atoms with E-state index < -0.39 is 11.9 Å². The first-order chi connectivity index (χ1) is 9.63. The lowest BCUT2D eigenvalue weighted by Gasteiger charge is -2.36. The van der Waals surface area contributed by atoms with Gasteiger partial charge in [0.25, 0.3) is 0 Å². The summed E-state index contributed by atoms with van der Waals surface area (Å²) < 4.78 is 10.8. The highest BCUT2D eigenvalue weighted by Crippen LogP contribution is 2.32. The van der Waals surface area contributed by atoms with Crippen molar-refractivity contribution < 1.29 is 24.2 Å². The van der Waals surface area contributed by atoms with Crippen LogP contribution >= 0.6 is 0 Å². The predicted octanol–water partition coefficient (Wildman–Crippen LogP) is 1.01. The number of carboxylic acid groups (broad SMARTS) is 1. The zero-order chi connectivity index (χ0) is 14.1. The zero-order valence-corrected chi connectivity index (χ0v) is 10.7. The van der Waals surface area contributed by atoms with E-state index in [0.29, 0.717) is 30.4 Å². The SMILES string of the molecule is O=C(O)C1CN(C(=O)Nc2ccc3c(c2)OCCO3)C1. The number of urea groups is 1. The molecular formula is C13H14N2O5. The molecule has 1 aromatic carbocycles. The Hall–Kier alpha value is -2.44. The van der Waals surface area contributed by atoms with Gasteiger partial charge in [-0.25, -0.2) is 4.79 Å². The van der Waals surface area contributed by atoms with Gasteiger partial charge in [0.15, 0.2) is 11.5 Å². The van der Waals surface area contributed by atoms with Crippen molar-refractivity contribution >= 4 is 17.7 Å².